The number of amides is 2. The highest BCUT2D eigenvalue weighted by Crippen LogP contribution is 2.19. The molecule has 2 saturated heterocycles. The number of carbonyl (C=O) groups is 2. The quantitative estimate of drug-likeness (QED) is 0.839. The predicted molar refractivity (Wildman–Crippen MR) is 103 cm³/mol. The lowest BCUT2D eigenvalue weighted by Crippen LogP contribution is -2.57. The molecule has 0 saturated carbocycles. The summed E-state index contributed by atoms with van der Waals surface area (Å²) in [5.41, 5.74) is 1.11. The van der Waals surface area contributed by atoms with Crippen LogP contribution in [0.2, 0.25) is 0 Å². The van der Waals surface area contributed by atoms with E-state index in [9.17, 15) is 9.59 Å². The van der Waals surface area contributed by atoms with Crippen molar-refractivity contribution in [1.29, 1.82) is 0 Å². The van der Waals surface area contributed by atoms with Crippen LogP contribution < -0.4 is 10.1 Å². The molecule has 1 atom stereocenters. The van der Waals surface area contributed by atoms with Crippen LogP contribution in [0.1, 0.15) is 24.8 Å². The van der Waals surface area contributed by atoms with E-state index in [1.165, 1.54) is 0 Å². The summed E-state index contributed by atoms with van der Waals surface area (Å²) in [6.45, 7) is 3.47. The molecule has 1 aromatic rings. The summed E-state index contributed by atoms with van der Waals surface area (Å²) in [6, 6.07) is 8.03. The second-order valence-corrected chi connectivity index (χ2v) is 6.75. The van der Waals surface area contributed by atoms with Gasteiger partial charge in [0, 0.05) is 38.6 Å². The molecule has 0 spiro atoms. The van der Waals surface area contributed by atoms with Crippen LogP contribution in [-0.2, 0) is 16.0 Å². The highest BCUT2D eigenvalue weighted by molar-refractivity contribution is 5.85. The monoisotopic (exact) mass is 381 g/mol. The Labute approximate surface area is 161 Å². The third-order valence-electron chi connectivity index (χ3n) is 5.08. The van der Waals surface area contributed by atoms with Crippen LogP contribution in [0.25, 0.3) is 0 Å². The number of ether oxygens (including phenoxy) is 1. The van der Waals surface area contributed by atoms with Gasteiger partial charge < -0.3 is 19.9 Å². The molecule has 144 valence electrons. The van der Waals surface area contributed by atoms with Crippen LogP contribution in [-0.4, -0.2) is 67.5 Å². The average Bonchev–Trinajstić information content (AvgIpc) is 2.66. The van der Waals surface area contributed by atoms with Crippen molar-refractivity contribution in [2.45, 2.75) is 31.7 Å². The van der Waals surface area contributed by atoms with Crippen LogP contribution >= 0.6 is 12.4 Å². The number of benzene rings is 1. The molecule has 1 unspecified atom stereocenters. The van der Waals surface area contributed by atoms with E-state index in [2.05, 4.69) is 5.32 Å². The largest absolute Gasteiger partial charge is 0.497 e. The molecule has 0 aliphatic carbocycles. The van der Waals surface area contributed by atoms with E-state index >= 15 is 0 Å². The minimum absolute atomic E-state index is 0. The molecular formula is C19H28ClN3O3. The second-order valence-electron chi connectivity index (χ2n) is 6.75. The Hall–Kier alpha value is -1.79. The highest BCUT2D eigenvalue weighted by atomic mass is 35.5. The lowest BCUT2D eigenvalue weighted by atomic mass is 10.0. The molecule has 26 heavy (non-hydrogen) atoms. The lowest BCUT2D eigenvalue weighted by molar-refractivity contribution is -0.140. The van der Waals surface area contributed by atoms with E-state index in [1.54, 1.807) is 7.11 Å². The lowest BCUT2D eigenvalue weighted by Gasteiger charge is -2.41. The first kappa shape index (κ1) is 20.5. The molecule has 1 N–H and O–H groups in total. The number of piperidine rings is 1. The van der Waals surface area contributed by atoms with Gasteiger partial charge in [-0.15, -0.1) is 12.4 Å². The maximum absolute atomic E-state index is 12.6. The smallest absolute Gasteiger partial charge is 0.236 e. The van der Waals surface area contributed by atoms with Gasteiger partial charge in [0.1, 0.15) is 5.75 Å². The first-order chi connectivity index (χ1) is 12.2. The van der Waals surface area contributed by atoms with Gasteiger partial charge in [-0.25, -0.2) is 0 Å². The number of carbonyl (C=O) groups excluding carboxylic acids is 2. The Kier molecular flexibility index (Phi) is 7.72. The van der Waals surface area contributed by atoms with Crippen LogP contribution in [0.3, 0.4) is 0 Å². The summed E-state index contributed by atoms with van der Waals surface area (Å²) in [4.78, 5) is 28.6. The summed E-state index contributed by atoms with van der Waals surface area (Å²) in [6.07, 6.45) is 3.16. The van der Waals surface area contributed by atoms with Crippen molar-refractivity contribution < 1.29 is 14.3 Å². The first-order valence-corrected chi connectivity index (χ1v) is 9.08. The van der Waals surface area contributed by atoms with Gasteiger partial charge in [-0.05, 0) is 37.0 Å². The maximum Gasteiger partial charge on any atom is 0.236 e. The zero-order valence-corrected chi connectivity index (χ0v) is 16.1. The van der Waals surface area contributed by atoms with Gasteiger partial charge in [0.2, 0.25) is 11.8 Å². The van der Waals surface area contributed by atoms with Crippen molar-refractivity contribution in [3.8, 4) is 5.75 Å². The van der Waals surface area contributed by atoms with Gasteiger partial charge >= 0.3 is 0 Å². The van der Waals surface area contributed by atoms with E-state index in [1.807, 2.05) is 34.1 Å². The van der Waals surface area contributed by atoms with Crippen molar-refractivity contribution in [1.82, 2.24) is 15.1 Å². The standard InChI is InChI=1S/C19H27N3O3.ClH/c1-25-17-6-2-4-15(12-17)7-8-18(23)21-10-3-5-16(14-21)22-11-9-20-13-19(22)24;/h2,4,6,12,16,20H,3,5,7-11,13-14H2,1H3;1H. The zero-order chi connectivity index (χ0) is 17.6. The van der Waals surface area contributed by atoms with E-state index in [-0.39, 0.29) is 30.3 Å². The maximum atomic E-state index is 12.6. The van der Waals surface area contributed by atoms with E-state index in [0.717, 1.165) is 43.8 Å². The van der Waals surface area contributed by atoms with Gasteiger partial charge in [0.25, 0.3) is 0 Å². The zero-order valence-electron chi connectivity index (χ0n) is 15.3. The molecule has 2 aliphatic rings. The summed E-state index contributed by atoms with van der Waals surface area (Å²) < 4.78 is 5.23. The van der Waals surface area contributed by atoms with Crippen LogP contribution in [0.4, 0.5) is 0 Å². The fourth-order valence-electron chi connectivity index (χ4n) is 3.68. The van der Waals surface area contributed by atoms with Gasteiger partial charge in [-0.3, -0.25) is 9.59 Å². The molecule has 7 heteroatoms. The summed E-state index contributed by atoms with van der Waals surface area (Å²) in [5.74, 6) is 1.15. The number of rotatable bonds is 5. The molecule has 0 radical (unpaired) electrons. The summed E-state index contributed by atoms with van der Waals surface area (Å²) >= 11 is 0. The Balaban J connectivity index is 0.00000243. The minimum atomic E-state index is 0. The number of hydrogen-bond donors (Lipinski definition) is 1. The van der Waals surface area contributed by atoms with Crippen molar-refractivity contribution >= 4 is 24.2 Å². The van der Waals surface area contributed by atoms with Crippen LogP contribution in [0.5, 0.6) is 5.75 Å². The Morgan fingerprint density at radius 1 is 1.35 bits per heavy atom. The number of nitrogens with zero attached hydrogens (tertiary/aromatic N) is 2. The van der Waals surface area contributed by atoms with E-state index in [4.69, 9.17) is 4.74 Å². The minimum Gasteiger partial charge on any atom is -0.497 e. The Morgan fingerprint density at radius 3 is 2.96 bits per heavy atom. The predicted octanol–water partition coefficient (Wildman–Crippen LogP) is 1.47. The number of methoxy groups -OCH3 is 1. The molecule has 2 fully saturated rings. The van der Waals surface area contributed by atoms with Crippen molar-refractivity contribution in [2.75, 3.05) is 39.8 Å². The molecule has 1 aromatic carbocycles. The number of piperazine rings is 1. The Morgan fingerprint density at radius 2 is 2.19 bits per heavy atom. The van der Waals surface area contributed by atoms with E-state index in [0.29, 0.717) is 25.9 Å². The fourth-order valence-corrected chi connectivity index (χ4v) is 3.68. The molecule has 2 heterocycles. The third-order valence-corrected chi connectivity index (χ3v) is 5.08. The topological polar surface area (TPSA) is 61.9 Å². The summed E-state index contributed by atoms with van der Waals surface area (Å²) in [7, 11) is 1.65. The Bertz CT molecular complexity index is 626. The van der Waals surface area contributed by atoms with Gasteiger partial charge in [0.15, 0.2) is 0 Å². The molecule has 2 aliphatic heterocycles. The molecule has 6 nitrogen and oxygen atoms in total. The van der Waals surface area contributed by atoms with Gasteiger partial charge in [0.05, 0.1) is 13.7 Å². The first-order valence-electron chi connectivity index (χ1n) is 9.08. The SMILES string of the molecule is COc1cccc(CCC(=O)N2CCCC(N3CCNCC3=O)C2)c1.Cl. The molecule has 0 aromatic heterocycles. The van der Waals surface area contributed by atoms with Crippen molar-refractivity contribution in [2.24, 2.45) is 0 Å². The molecule has 2 amide bonds. The van der Waals surface area contributed by atoms with Gasteiger partial charge in [-0.2, -0.15) is 0 Å². The number of hydrogen-bond acceptors (Lipinski definition) is 4. The number of likely N-dealkylation sites (tertiary alicyclic amines) is 1. The van der Waals surface area contributed by atoms with Crippen LogP contribution in [0.15, 0.2) is 24.3 Å². The van der Waals surface area contributed by atoms with Crippen molar-refractivity contribution in [3.63, 3.8) is 0 Å². The van der Waals surface area contributed by atoms with E-state index < -0.39 is 0 Å². The molecule has 3 rings (SSSR count). The molecule has 0 bridgehead atoms. The van der Waals surface area contributed by atoms with Crippen molar-refractivity contribution in [3.05, 3.63) is 29.8 Å². The average molecular weight is 382 g/mol. The highest BCUT2D eigenvalue weighted by Gasteiger charge is 2.31. The number of nitrogens with one attached hydrogen (secondary N) is 1. The summed E-state index contributed by atoms with van der Waals surface area (Å²) in [5, 5.41) is 3.10. The third kappa shape index (κ3) is 5.11. The number of aryl methyl sites for hydroxylation is 1. The molecular weight excluding hydrogens is 354 g/mol. The normalized spacial score (nSPS) is 20.5. The van der Waals surface area contributed by atoms with Crippen LogP contribution in [0, 0.1) is 0 Å². The van der Waals surface area contributed by atoms with Gasteiger partial charge in [-0.1, -0.05) is 12.1 Å². The fraction of sp³-hybridized carbons (Fsp3) is 0.579. The second kappa shape index (κ2) is 9.78. The number of halogens is 1.